The maximum Gasteiger partial charge on any atom is 0.133 e. The van der Waals surface area contributed by atoms with E-state index in [1.165, 1.54) is 5.56 Å². The largest absolute Gasteiger partial charge is 0.493 e. The van der Waals surface area contributed by atoms with Gasteiger partial charge in [0.05, 0.1) is 11.1 Å². The highest BCUT2D eigenvalue weighted by molar-refractivity contribution is 9.10. The van der Waals surface area contributed by atoms with E-state index in [1.807, 2.05) is 6.92 Å². The number of hydrogen-bond donors (Lipinski definition) is 1. The van der Waals surface area contributed by atoms with E-state index in [1.54, 1.807) is 0 Å². The fourth-order valence-corrected chi connectivity index (χ4v) is 2.51. The summed E-state index contributed by atoms with van der Waals surface area (Å²) in [5.74, 6) is 0.919. The van der Waals surface area contributed by atoms with E-state index in [0.29, 0.717) is 12.6 Å². The molecule has 0 bridgehead atoms. The Morgan fingerprint density at radius 3 is 2.53 bits per heavy atom. The molecule has 19 heavy (non-hydrogen) atoms. The van der Waals surface area contributed by atoms with Gasteiger partial charge in [-0.15, -0.1) is 0 Å². The summed E-state index contributed by atoms with van der Waals surface area (Å²) in [6.45, 7) is 12.7. The van der Waals surface area contributed by atoms with Gasteiger partial charge in [-0.2, -0.15) is 0 Å². The smallest absolute Gasteiger partial charge is 0.133 e. The average molecular weight is 328 g/mol. The van der Waals surface area contributed by atoms with Crippen LogP contribution in [0.4, 0.5) is 0 Å². The standard InChI is InChI=1S/C16H26BrNO/c1-6-19-15-8-7-13(11-14(15)17)16(4,5)9-10-18-12(2)3/h7-8,11-12,18H,6,9-10H2,1-5H3. The molecule has 0 aliphatic carbocycles. The van der Waals surface area contributed by atoms with Crippen LogP contribution < -0.4 is 10.1 Å². The van der Waals surface area contributed by atoms with Crippen molar-refractivity contribution in [3.8, 4) is 5.75 Å². The molecule has 0 radical (unpaired) electrons. The van der Waals surface area contributed by atoms with Crippen LogP contribution in [-0.4, -0.2) is 19.2 Å². The van der Waals surface area contributed by atoms with Crippen molar-refractivity contribution in [2.45, 2.75) is 52.5 Å². The van der Waals surface area contributed by atoms with Crippen molar-refractivity contribution in [2.24, 2.45) is 0 Å². The Morgan fingerprint density at radius 2 is 2.00 bits per heavy atom. The van der Waals surface area contributed by atoms with E-state index >= 15 is 0 Å². The molecule has 0 heterocycles. The zero-order valence-corrected chi connectivity index (χ0v) is 14.3. The number of benzene rings is 1. The third-order valence-corrected chi connectivity index (χ3v) is 3.94. The molecule has 0 spiro atoms. The molecule has 0 aliphatic rings. The van der Waals surface area contributed by atoms with Crippen LogP contribution >= 0.6 is 15.9 Å². The summed E-state index contributed by atoms with van der Waals surface area (Å²) < 4.78 is 6.60. The van der Waals surface area contributed by atoms with E-state index in [4.69, 9.17) is 4.74 Å². The lowest BCUT2D eigenvalue weighted by atomic mass is 9.81. The van der Waals surface area contributed by atoms with Crippen LogP contribution in [-0.2, 0) is 5.41 Å². The first-order valence-corrected chi connectivity index (χ1v) is 7.82. The molecule has 0 saturated heterocycles. The summed E-state index contributed by atoms with van der Waals surface area (Å²) in [6.07, 6.45) is 1.12. The van der Waals surface area contributed by atoms with Crippen LogP contribution in [0.2, 0.25) is 0 Å². The molecule has 0 aliphatic heterocycles. The zero-order valence-electron chi connectivity index (χ0n) is 12.7. The Hall–Kier alpha value is -0.540. The van der Waals surface area contributed by atoms with Crippen LogP contribution in [0.25, 0.3) is 0 Å². The highest BCUT2D eigenvalue weighted by Crippen LogP contribution is 2.33. The Bertz CT molecular complexity index is 402. The van der Waals surface area contributed by atoms with Crippen molar-refractivity contribution in [1.29, 1.82) is 0 Å². The Balaban J connectivity index is 2.74. The highest BCUT2D eigenvalue weighted by atomic mass is 79.9. The lowest BCUT2D eigenvalue weighted by Gasteiger charge is -2.26. The van der Waals surface area contributed by atoms with Crippen LogP contribution in [0.5, 0.6) is 5.75 Å². The highest BCUT2D eigenvalue weighted by Gasteiger charge is 2.21. The van der Waals surface area contributed by atoms with Crippen LogP contribution in [0.15, 0.2) is 22.7 Å². The number of hydrogen-bond acceptors (Lipinski definition) is 2. The van der Waals surface area contributed by atoms with E-state index in [-0.39, 0.29) is 5.41 Å². The lowest BCUT2D eigenvalue weighted by Crippen LogP contribution is -2.29. The average Bonchev–Trinajstić information content (AvgIpc) is 2.31. The van der Waals surface area contributed by atoms with Gasteiger partial charge in [0.1, 0.15) is 5.75 Å². The Morgan fingerprint density at radius 1 is 1.32 bits per heavy atom. The number of halogens is 1. The number of ether oxygens (including phenoxy) is 1. The van der Waals surface area contributed by atoms with Gasteiger partial charge in [-0.25, -0.2) is 0 Å². The fraction of sp³-hybridized carbons (Fsp3) is 0.625. The molecule has 0 atom stereocenters. The molecule has 1 rings (SSSR count). The maximum absolute atomic E-state index is 5.56. The minimum absolute atomic E-state index is 0.162. The summed E-state index contributed by atoms with van der Waals surface area (Å²) in [5, 5.41) is 3.48. The molecule has 1 N–H and O–H groups in total. The van der Waals surface area contributed by atoms with Gasteiger partial charge >= 0.3 is 0 Å². The lowest BCUT2D eigenvalue weighted by molar-refractivity contribution is 0.337. The molecule has 2 nitrogen and oxygen atoms in total. The van der Waals surface area contributed by atoms with Crippen molar-refractivity contribution in [2.75, 3.05) is 13.2 Å². The summed E-state index contributed by atoms with van der Waals surface area (Å²) in [7, 11) is 0. The van der Waals surface area contributed by atoms with Gasteiger partial charge < -0.3 is 10.1 Å². The van der Waals surface area contributed by atoms with Gasteiger partial charge in [0, 0.05) is 6.04 Å². The van der Waals surface area contributed by atoms with Crippen LogP contribution in [0, 0.1) is 0 Å². The van der Waals surface area contributed by atoms with Crippen molar-refractivity contribution in [3.05, 3.63) is 28.2 Å². The molecule has 1 aromatic rings. The number of rotatable bonds is 7. The molecule has 0 amide bonds. The van der Waals surface area contributed by atoms with Crippen LogP contribution in [0.3, 0.4) is 0 Å². The molecule has 1 aromatic carbocycles. The summed E-state index contributed by atoms with van der Waals surface area (Å²) in [5.41, 5.74) is 1.50. The summed E-state index contributed by atoms with van der Waals surface area (Å²) in [4.78, 5) is 0. The molecule has 108 valence electrons. The topological polar surface area (TPSA) is 21.3 Å². The van der Waals surface area contributed by atoms with Gasteiger partial charge in [-0.05, 0) is 58.9 Å². The minimum atomic E-state index is 0.162. The molecular formula is C16H26BrNO. The minimum Gasteiger partial charge on any atom is -0.493 e. The molecule has 3 heteroatoms. The fourth-order valence-electron chi connectivity index (χ4n) is 2.01. The van der Waals surface area contributed by atoms with Crippen molar-refractivity contribution < 1.29 is 4.74 Å². The van der Waals surface area contributed by atoms with Crippen molar-refractivity contribution in [1.82, 2.24) is 5.32 Å². The van der Waals surface area contributed by atoms with Gasteiger partial charge in [0.2, 0.25) is 0 Å². The predicted octanol–water partition coefficient (Wildman–Crippen LogP) is 4.51. The Labute approximate surface area is 126 Å². The molecule has 0 saturated carbocycles. The molecule has 0 fully saturated rings. The number of nitrogens with one attached hydrogen (secondary N) is 1. The van der Waals surface area contributed by atoms with E-state index in [2.05, 4.69) is 67.1 Å². The third-order valence-electron chi connectivity index (χ3n) is 3.32. The zero-order chi connectivity index (χ0) is 14.5. The second kappa shape index (κ2) is 7.30. The summed E-state index contributed by atoms with van der Waals surface area (Å²) >= 11 is 3.59. The predicted molar refractivity (Wildman–Crippen MR) is 86.1 cm³/mol. The van der Waals surface area contributed by atoms with Gasteiger partial charge in [-0.1, -0.05) is 33.8 Å². The monoisotopic (exact) mass is 327 g/mol. The Kier molecular flexibility index (Phi) is 6.34. The molecular weight excluding hydrogens is 302 g/mol. The quantitative estimate of drug-likeness (QED) is 0.795. The second-order valence-corrected chi connectivity index (χ2v) is 6.68. The first-order valence-electron chi connectivity index (χ1n) is 7.03. The van der Waals surface area contributed by atoms with Crippen LogP contribution in [0.1, 0.15) is 46.6 Å². The first kappa shape index (κ1) is 16.5. The maximum atomic E-state index is 5.56. The third kappa shape index (κ3) is 5.15. The SMILES string of the molecule is CCOc1ccc(C(C)(C)CCNC(C)C)cc1Br. The van der Waals surface area contributed by atoms with Gasteiger partial charge in [-0.3, -0.25) is 0 Å². The van der Waals surface area contributed by atoms with Crippen molar-refractivity contribution in [3.63, 3.8) is 0 Å². The normalized spacial score (nSPS) is 11.9. The van der Waals surface area contributed by atoms with E-state index < -0.39 is 0 Å². The first-order chi connectivity index (χ1) is 8.86. The van der Waals surface area contributed by atoms with Gasteiger partial charge in [0.15, 0.2) is 0 Å². The van der Waals surface area contributed by atoms with Gasteiger partial charge in [0.25, 0.3) is 0 Å². The molecule has 0 unspecified atom stereocenters. The second-order valence-electron chi connectivity index (χ2n) is 5.82. The van der Waals surface area contributed by atoms with E-state index in [0.717, 1.165) is 23.2 Å². The van der Waals surface area contributed by atoms with Crippen molar-refractivity contribution >= 4 is 15.9 Å². The molecule has 0 aromatic heterocycles. The van der Waals surface area contributed by atoms with E-state index in [9.17, 15) is 0 Å². The summed E-state index contributed by atoms with van der Waals surface area (Å²) in [6, 6.07) is 6.95.